The highest BCUT2D eigenvalue weighted by Crippen LogP contribution is 2.18. The number of nitrogens with zero attached hydrogens (tertiary/aromatic N) is 2. The summed E-state index contributed by atoms with van der Waals surface area (Å²) in [6, 6.07) is 5.69. The molecule has 1 fully saturated rings. The molecule has 0 bridgehead atoms. The lowest BCUT2D eigenvalue weighted by Crippen LogP contribution is -2.37. The normalized spacial score (nSPS) is 20.1. The summed E-state index contributed by atoms with van der Waals surface area (Å²) in [6.07, 6.45) is 2.27. The second-order valence-corrected chi connectivity index (χ2v) is 4.00. The van der Waals surface area contributed by atoms with E-state index in [4.69, 9.17) is 10.00 Å². The summed E-state index contributed by atoms with van der Waals surface area (Å²) in [7, 11) is 0. The van der Waals surface area contributed by atoms with Gasteiger partial charge in [0, 0.05) is 12.2 Å². The summed E-state index contributed by atoms with van der Waals surface area (Å²) >= 11 is 0. The zero-order valence-corrected chi connectivity index (χ0v) is 9.36. The van der Waals surface area contributed by atoms with Crippen LogP contribution >= 0.6 is 0 Å². The van der Waals surface area contributed by atoms with Gasteiger partial charge < -0.3 is 10.1 Å². The fraction of sp³-hybridized carbons (Fsp3) is 0.500. The molecule has 0 saturated carbocycles. The highest BCUT2D eigenvalue weighted by atomic mass is 16.5. The molecule has 1 N–H and O–H groups in total. The summed E-state index contributed by atoms with van der Waals surface area (Å²) in [6.45, 7) is 3.78. The van der Waals surface area contributed by atoms with Gasteiger partial charge in [0.15, 0.2) is 0 Å². The van der Waals surface area contributed by atoms with E-state index in [1.165, 1.54) is 0 Å². The molecular formula is C12H15N3O. The number of hydrogen-bond donors (Lipinski definition) is 1. The van der Waals surface area contributed by atoms with E-state index < -0.39 is 0 Å². The van der Waals surface area contributed by atoms with E-state index in [0.717, 1.165) is 31.6 Å². The van der Waals surface area contributed by atoms with Crippen molar-refractivity contribution < 1.29 is 4.74 Å². The number of nitriles is 1. The predicted molar refractivity (Wildman–Crippen MR) is 60.2 cm³/mol. The number of nitrogens with one attached hydrogen (secondary N) is 1. The molecule has 4 nitrogen and oxygen atoms in total. The van der Waals surface area contributed by atoms with Crippen molar-refractivity contribution in [2.75, 3.05) is 13.1 Å². The van der Waals surface area contributed by atoms with Gasteiger partial charge in [-0.1, -0.05) is 0 Å². The molecule has 4 heteroatoms. The predicted octanol–water partition coefficient (Wildman–Crippen LogP) is 1.39. The van der Waals surface area contributed by atoms with Gasteiger partial charge in [-0.2, -0.15) is 5.26 Å². The molecule has 2 heterocycles. The molecule has 0 spiro atoms. The van der Waals surface area contributed by atoms with Crippen molar-refractivity contribution in [2.24, 2.45) is 0 Å². The van der Waals surface area contributed by atoms with Gasteiger partial charge in [-0.05, 0) is 38.4 Å². The molecule has 0 aliphatic carbocycles. The number of hydrogen-bond acceptors (Lipinski definition) is 4. The van der Waals surface area contributed by atoms with Crippen LogP contribution in [-0.2, 0) is 0 Å². The standard InChI is InChI=1S/C12H15N3O/c1-9-4-5-10(7-13)12(15-9)16-11-3-2-6-14-8-11/h4-5,11,14H,2-3,6,8H2,1H3/t11-/m0/s1. The van der Waals surface area contributed by atoms with E-state index >= 15 is 0 Å². The molecular weight excluding hydrogens is 202 g/mol. The Morgan fingerprint density at radius 2 is 2.44 bits per heavy atom. The topological polar surface area (TPSA) is 57.9 Å². The first-order valence-corrected chi connectivity index (χ1v) is 5.54. The molecule has 1 atom stereocenters. The van der Waals surface area contributed by atoms with Crippen LogP contribution in [0.25, 0.3) is 0 Å². The van der Waals surface area contributed by atoms with Crippen LogP contribution < -0.4 is 10.1 Å². The fourth-order valence-electron chi connectivity index (χ4n) is 1.79. The Hall–Kier alpha value is -1.60. The first-order valence-electron chi connectivity index (χ1n) is 5.54. The maximum Gasteiger partial charge on any atom is 0.232 e. The summed E-state index contributed by atoms with van der Waals surface area (Å²) in [5, 5.41) is 12.2. The zero-order chi connectivity index (χ0) is 11.4. The number of aromatic nitrogens is 1. The van der Waals surface area contributed by atoms with Gasteiger partial charge in [0.25, 0.3) is 0 Å². The van der Waals surface area contributed by atoms with Crippen molar-refractivity contribution >= 4 is 0 Å². The number of piperidine rings is 1. The number of ether oxygens (including phenoxy) is 1. The minimum Gasteiger partial charge on any atom is -0.472 e. The van der Waals surface area contributed by atoms with Crippen LogP contribution in [0, 0.1) is 18.3 Å². The van der Waals surface area contributed by atoms with Crippen molar-refractivity contribution in [3.05, 3.63) is 23.4 Å². The Bertz CT molecular complexity index is 405. The third-order valence-corrected chi connectivity index (χ3v) is 2.65. The molecule has 84 valence electrons. The van der Waals surface area contributed by atoms with E-state index in [2.05, 4.69) is 16.4 Å². The van der Waals surface area contributed by atoms with Crippen LogP contribution in [0.5, 0.6) is 5.88 Å². The van der Waals surface area contributed by atoms with Crippen molar-refractivity contribution in [2.45, 2.75) is 25.9 Å². The second kappa shape index (κ2) is 4.95. The summed E-state index contributed by atoms with van der Waals surface area (Å²) in [5.74, 6) is 0.469. The number of pyridine rings is 1. The Morgan fingerprint density at radius 3 is 3.12 bits per heavy atom. The highest BCUT2D eigenvalue weighted by molar-refractivity contribution is 5.38. The molecule has 1 saturated heterocycles. The Morgan fingerprint density at radius 1 is 1.56 bits per heavy atom. The number of rotatable bonds is 2. The summed E-state index contributed by atoms with van der Waals surface area (Å²) in [5.41, 5.74) is 1.38. The Labute approximate surface area is 95.3 Å². The fourth-order valence-corrected chi connectivity index (χ4v) is 1.79. The average molecular weight is 217 g/mol. The maximum absolute atomic E-state index is 8.95. The zero-order valence-electron chi connectivity index (χ0n) is 9.36. The molecule has 0 aromatic carbocycles. The van der Waals surface area contributed by atoms with Crippen LogP contribution in [0.2, 0.25) is 0 Å². The van der Waals surface area contributed by atoms with E-state index in [0.29, 0.717) is 11.4 Å². The maximum atomic E-state index is 8.95. The van der Waals surface area contributed by atoms with E-state index in [1.54, 1.807) is 6.07 Å². The first kappa shape index (κ1) is 10.9. The van der Waals surface area contributed by atoms with E-state index in [9.17, 15) is 0 Å². The summed E-state index contributed by atoms with van der Waals surface area (Å²) < 4.78 is 5.76. The molecule has 0 radical (unpaired) electrons. The molecule has 0 unspecified atom stereocenters. The molecule has 0 amide bonds. The number of aryl methyl sites for hydroxylation is 1. The lowest BCUT2D eigenvalue weighted by molar-refractivity contribution is 0.160. The van der Waals surface area contributed by atoms with Crippen LogP contribution in [0.3, 0.4) is 0 Å². The molecule has 1 aliphatic heterocycles. The van der Waals surface area contributed by atoms with Crippen molar-refractivity contribution in [1.29, 1.82) is 5.26 Å². The third-order valence-electron chi connectivity index (χ3n) is 2.65. The summed E-state index contributed by atoms with van der Waals surface area (Å²) in [4.78, 5) is 4.27. The van der Waals surface area contributed by atoms with Crippen molar-refractivity contribution in [3.8, 4) is 11.9 Å². The minimum absolute atomic E-state index is 0.134. The lowest BCUT2D eigenvalue weighted by atomic mass is 10.1. The van der Waals surface area contributed by atoms with Crippen molar-refractivity contribution in [3.63, 3.8) is 0 Å². The second-order valence-electron chi connectivity index (χ2n) is 4.00. The van der Waals surface area contributed by atoms with Crippen LogP contribution in [-0.4, -0.2) is 24.2 Å². The quantitative estimate of drug-likeness (QED) is 0.813. The smallest absolute Gasteiger partial charge is 0.232 e. The van der Waals surface area contributed by atoms with Gasteiger partial charge in [0.05, 0.1) is 0 Å². The van der Waals surface area contributed by atoms with Crippen LogP contribution in [0.15, 0.2) is 12.1 Å². The SMILES string of the molecule is Cc1ccc(C#N)c(O[C@H]2CCCNC2)n1. The monoisotopic (exact) mass is 217 g/mol. The molecule has 16 heavy (non-hydrogen) atoms. The van der Waals surface area contributed by atoms with Crippen molar-refractivity contribution in [1.82, 2.24) is 10.3 Å². The average Bonchev–Trinajstić information content (AvgIpc) is 2.31. The van der Waals surface area contributed by atoms with Crippen LogP contribution in [0.1, 0.15) is 24.1 Å². The molecule has 1 aromatic rings. The van der Waals surface area contributed by atoms with Crippen LogP contribution in [0.4, 0.5) is 0 Å². The third kappa shape index (κ3) is 2.50. The molecule has 1 aliphatic rings. The minimum atomic E-state index is 0.134. The lowest BCUT2D eigenvalue weighted by Gasteiger charge is -2.23. The van der Waals surface area contributed by atoms with Gasteiger partial charge in [0.1, 0.15) is 17.7 Å². The Kier molecular flexibility index (Phi) is 3.37. The first-order chi connectivity index (χ1) is 7.79. The highest BCUT2D eigenvalue weighted by Gasteiger charge is 2.16. The largest absolute Gasteiger partial charge is 0.472 e. The van der Waals surface area contributed by atoms with Gasteiger partial charge in [-0.15, -0.1) is 0 Å². The van der Waals surface area contributed by atoms with Gasteiger partial charge in [-0.3, -0.25) is 0 Å². The van der Waals surface area contributed by atoms with E-state index in [1.807, 2.05) is 13.0 Å². The Balaban J connectivity index is 2.13. The molecule has 2 rings (SSSR count). The van der Waals surface area contributed by atoms with Gasteiger partial charge in [0.2, 0.25) is 5.88 Å². The van der Waals surface area contributed by atoms with E-state index in [-0.39, 0.29) is 6.10 Å². The van der Waals surface area contributed by atoms with Gasteiger partial charge in [-0.25, -0.2) is 4.98 Å². The molecule has 1 aromatic heterocycles. The van der Waals surface area contributed by atoms with Gasteiger partial charge >= 0.3 is 0 Å².